The third kappa shape index (κ3) is 1.03. The minimum atomic E-state index is 0.760. The second kappa shape index (κ2) is 2.84. The number of allylic oxidation sites excluding steroid dienone is 1. The fraction of sp³-hybridized carbons (Fsp3) is 0.833. The second-order valence-corrected chi connectivity index (χ2v) is 5.08. The highest BCUT2D eigenvalue weighted by Gasteiger charge is 2.51. The highest BCUT2D eigenvalue weighted by molar-refractivity contribution is 5.22. The molecular formula is C12H19N. The summed E-state index contributed by atoms with van der Waals surface area (Å²) < 4.78 is 0. The minimum Gasteiger partial charge on any atom is -0.327 e. The van der Waals surface area contributed by atoms with Gasteiger partial charge in [0.25, 0.3) is 0 Å². The topological polar surface area (TPSA) is 26.0 Å². The summed E-state index contributed by atoms with van der Waals surface area (Å²) in [5, 5.41) is 0. The molecule has 0 aromatic rings. The monoisotopic (exact) mass is 177 g/mol. The van der Waals surface area contributed by atoms with Crippen LogP contribution in [0.1, 0.15) is 32.1 Å². The van der Waals surface area contributed by atoms with E-state index in [1.165, 1.54) is 32.1 Å². The maximum atomic E-state index is 5.60. The first-order valence-corrected chi connectivity index (χ1v) is 5.79. The van der Waals surface area contributed by atoms with E-state index in [1.807, 2.05) is 0 Å². The van der Waals surface area contributed by atoms with Crippen LogP contribution in [0.15, 0.2) is 11.6 Å². The van der Waals surface area contributed by atoms with E-state index in [9.17, 15) is 0 Å². The summed E-state index contributed by atoms with van der Waals surface area (Å²) in [6.45, 7) is 0.760. The lowest BCUT2D eigenvalue weighted by Crippen LogP contribution is -2.19. The molecule has 0 amide bonds. The highest BCUT2D eigenvalue weighted by atomic mass is 14.6. The molecule has 0 aromatic heterocycles. The van der Waals surface area contributed by atoms with Crippen LogP contribution in [0.4, 0.5) is 0 Å². The van der Waals surface area contributed by atoms with Gasteiger partial charge in [0.05, 0.1) is 0 Å². The Morgan fingerprint density at radius 1 is 1.31 bits per heavy atom. The molecule has 2 bridgehead atoms. The van der Waals surface area contributed by atoms with Crippen LogP contribution in [-0.2, 0) is 0 Å². The molecule has 72 valence electrons. The molecule has 0 heterocycles. The van der Waals surface area contributed by atoms with E-state index in [0.717, 1.165) is 30.2 Å². The summed E-state index contributed by atoms with van der Waals surface area (Å²) in [6, 6.07) is 0. The maximum Gasteiger partial charge on any atom is 0.0109 e. The Balaban J connectivity index is 1.85. The quantitative estimate of drug-likeness (QED) is 0.611. The number of hydrogen-bond donors (Lipinski definition) is 1. The van der Waals surface area contributed by atoms with E-state index < -0.39 is 0 Å². The first-order valence-electron chi connectivity index (χ1n) is 5.79. The number of nitrogens with two attached hydrogens (primary N) is 1. The van der Waals surface area contributed by atoms with E-state index in [4.69, 9.17) is 5.73 Å². The Morgan fingerprint density at radius 3 is 3.00 bits per heavy atom. The van der Waals surface area contributed by atoms with Gasteiger partial charge in [-0.25, -0.2) is 0 Å². The van der Waals surface area contributed by atoms with Gasteiger partial charge < -0.3 is 5.73 Å². The van der Waals surface area contributed by atoms with Crippen molar-refractivity contribution in [2.24, 2.45) is 29.4 Å². The van der Waals surface area contributed by atoms with E-state index >= 15 is 0 Å². The SMILES string of the molecule is NC/C=C1/CC2CC1C1CCCC21. The van der Waals surface area contributed by atoms with Gasteiger partial charge in [-0.05, 0) is 49.4 Å². The smallest absolute Gasteiger partial charge is 0.0109 e. The first kappa shape index (κ1) is 8.05. The van der Waals surface area contributed by atoms with Crippen molar-refractivity contribution in [3.8, 4) is 0 Å². The predicted octanol–water partition coefficient (Wildman–Crippen LogP) is 2.33. The van der Waals surface area contributed by atoms with Crippen LogP contribution in [0.25, 0.3) is 0 Å². The van der Waals surface area contributed by atoms with Gasteiger partial charge in [0.2, 0.25) is 0 Å². The van der Waals surface area contributed by atoms with Crippen LogP contribution >= 0.6 is 0 Å². The molecule has 4 unspecified atom stereocenters. The van der Waals surface area contributed by atoms with Gasteiger partial charge in [0.15, 0.2) is 0 Å². The summed E-state index contributed by atoms with van der Waals surface area (Å²) in [6.07, 6.45) is 9.73. The zero-order chi connectivity index (χ0) is 8.84. The molecule has 0 saturated heterocycles. The van der Waals surface area contributed by atoms with Crippen molar-refractivity contribution >= 4 is 0 Å². The van der Waals surface area contributed by atoms with Gasteiger partial charge in [0.1, 0.15) is 0 Å². The van der Waals surface area contributed by atoms with Crippen molar-refractivity contribution in [3.05, 3.63) is 11.6 Å². The molecule has 0 aliphatic heterocycles. The molecule has 3 aliphatic carbocycles. The molecule has 0 aromatic carbocycles. The van der Waals surface area contributed by atoms with Crippen LogP contribution in [0.3, 0.4) is 0 Å². The largest absolute Gasteiger partial charge is 0.327 e. The molecule has 0 radical (unpaired) electrons. The molecule has 1 heteroatoms. The van der Waals surface area contributed by atoms with E-state index in [0.29, 0.717) is 0 Å². The lowest BCUT2D eigenvalue weighted by Gasteiger charge is -2.26. The van der Waals surface area contributed by atoms with Crippen molar-refractivity contribution in [2.75, 3.05) is 6.54 Å². The molecule has 3 rings (SSSR count). The standard InChI is InChI=1S/C12H19N/c13-5-4-8-6-9-7-12(8)11-3-1-2-10(9)11/h4,9-12H,1-3,5-7,13H2/b8-4-. The number of fused-ring (bicyclic) bond motifs is 5. The predicted molar refractivity (Wildman–Crippen MR) is 54.2 cm³/mol. The number of rotatable bonds is 1. The normalized spacial score (nSPS) is 50.4. The molecule has 13 heavy (non-hydrogen) atoms. The van der Waals surface area contributed by atoms with Crippen LogP contribution < -0.4 is 5.73 Å². The summed E-state index contributed by atoms with van der Waals surface area (Å²) in [4.78, 5) is 0. The lowest BCUT2D eigenvalue weighted by molar-refractivity contribution is 0.304. The Bertz CT molecular complexity index is 244. The van der Waals surface area contributed by atoms with Gasteiger partial charge in [-0.15, -0.1) is 0 Å². The van der Waals surface area contributed by atoms with Gasteiger partial charge in [0, 0.05) is 6.54 Å². The zero-order valence-electron chi connectivity index (χ0n) is 8.21. The van der Waals surface area contributed by atoms with Crippen molar-refractivity contribution in [1.82, 2.24) is 0 Å². The Hall–Kier alpha value is -0.300. The third-order valence-electron chi connectivity index (χ3n) is 4.66. The van der Waals surface area contributed by atoms with Crippen LogP contribution in [0.5, 0.6) is 0 Å². The van der Waals surface area contributed by atoms with E-state index in [1.54, 1.807) is 5.57 Å². The van der Waals surface area contributed by atoms with E-state index in [-0.39, 0.29) is 0 Å². The first-order chi connectivity index (χ1) is 6.40. The summed E-state index contributed by atoms with van der Waals surface area (Å²) >= 11 is 0. The zero-order valence-corrected chi connectivity index (χ0v) is 8.21. The molecule has 1 nitrogen and oxygen atoms in total. The van der Waals surface area contributed by atoms with Crippen molar-refractivity contribution in [1.29, 1.82) is 0 Å². The number of hydrogen-bond acceptors (Lipinski definition) is 1. The molecular weight excluding hydrogens is 158 g/mol. The average molecular weight is 177 g/mol. The van der Waals surface area contributed by atoms with Gasteiger partial charge in [-0.2, -0.15) is 0 Å². The third-order valence-corrected chi connectivity index (χ3v) is 4.66. The molecule has 0 spiro atoms. The maximum absolute atomic E-state index is 5.60. The Morgan fingerprint density at radius 2 is 2.15 bits per heavy atom. The van der Waals surface area contributed by atoms with Crippen LogP contribution in [-0.4, -0.2) is 6.54 Å². The molecule has 3 fully saturated rings. The minimum absolute atomic E-state index is 0.760. The summed E-state index contributed by atoms with van der Waals surface area (Å²) in [7, 11) is 0. The average Bonchev–Trinajstić information content (AvgIpc) is 2.72. The van der Waals surface area contributed by atoms with Crippen LogP contribution in [0.2, 0.25) is 0 Å². The van der Waals surface area contributed by atoms with Gasteiger partial charge in [-0.1, -0.05) is 18.1 Å². The lowest BCUT2D eigenvalue weighted by atomic mass is 9.79. The summed E-state index contributed by atoms with van der Waals surface area (Å²) in [5.74, 6) is 4.19. The molecule has 2 N–H and O–H groups in total. The molecule has 3 aliphatic rings. The Labute approximate surface area is 80.4 Å². The van der Waals surface area contributed by atoms with Crippen LogP contribution in [0, 0.1) is 23.7 Å². The van der Waals surface area contributed by atoms with Gasteiger partial charge >= 0.3 is 0 Å². The van der Waals surface area contributed by atoms with Crippen molar-refractivity contribution < 1.29 is 0 Å². The van der Waals surface area contributed by atoms with Crippen molar-refractivity contribution in [2.45, 2.75) is 32.1 Å². The Kier molecular flexibility index (Phi) is 1.76. The second-order valence-electron chi connectivity index (χ2n) is 5.08. The van der Waals surface area contributed by atoms with E-state index in [2.05, 4.69) is 6.08 Å². The van der Waals surface area contributed by atoms with Gasteiger partial charge in [-0.3, -0.25) is 0 Å². The molecule has 4 atom stereocenters. The molecule has 3 saturated carbocycles. The fourth-order valence-electron chi connectivity index (χ4n) is 4.28. The van der Waals surface area contributed by atoms with Crippen molar-refractivity contribution in [3.63, 3.8) is 0 Å². The summed E-state index contributed by atoms with van der Waals surface area (Å²) in [5.41, 5.74) is 7.32. The fourth-order valence-corrected chi connectivity index (χ4v) is 4.28. The highest BCUT2D eigenvalue weighted by Crippen LogP contribution is 2.60.